The van der Waals surface area contributed by atoms with Crippen LogP contribution in [0.15, 0.2) is 30.3 Å². The summed E-state index contributed by atoms with van der Waals surface area (Å²) in [4.78, 5) is 61.6. The number of unbranched alkanes of at least 4 members (excludes halogenated alkanes) is 1. The summed E-state index contributed by atoms with van der Waals surface area (Å²) in [5.74, 6) is -3.99. The molecule has 0 aliphatic rings. The van der Waals surface area contributed by atoms with Gasteiger partial charge in [0.2, 0.25) is 17.7 Å². The van der Waals surface area contributed by atoms with Gasteiger partial charge in [-0.1, -0.05) is 36.8 Å². The van der Waals surface area contributed by atoms with Gasteiger partial charge in [0.25, 0.3) is 0 Å². The van der Waals surface area contributed by atoms with Gasteiger partial charge in [0.15, 0.2) is 0 Å². The van der Waals surface area contributed by atoms with Crippen molar-refractivity contribution in [3.05, 3.63) is 35.9 Å². The summed E-state index contributed by atoms with van der Waals surface area (Å²) in [5, 5.41) is 26.2. The zero-order valence-electron chi connectivity index (χ0n) is 21.6. The molecule has 0 heterocycles. The van der Waals surface area contributed by atoms with Crippen molar-refractivity contribution in [3.63, 3.8) is 0 Å². The monoisotopic (exact) mass is 553 g/mol. The normalized spacial score (nSPS) is 14.0. The van der Waals surface area contributed by atoms with Crippen molar-refractivity contribution in [1.29, 1.82) is 0 Å². The molecule has 1 aromatic carbocycles. The minimum absolute atomic E-state index is 0.0461. The third-order valence-electron chi connectivity index (χ3n) is 5.73. The molecule has 0 aliphatic carbocycles. The fourth-order valence-electron chi connectivity index (χ4n) is 3.55. The number of carbonyl (C=O) groups is 5. The average Bonchev–Trinajstić information content (AvgIpc) is 2.88. The highest BCUT2D eigenvalue weighted by Gasteiger charge is 2.30. The van der Waals surface area contributed by atoms with Gasteiger partial charge >= 0.3 is 11.9 Å². The third kappa shape index (κ3) is 12.9. The number of thioether (sulfide) groups is 1. The summed E-state index contributed by atoms with van der Waals surface area (Å²) >= 11 is 1.43. The Morgan fingerprint density at radius 1 is 0.842 bits per heavy atom. The number of nitrogens with two attached hydrogens (primary N) is 2. The highest BCUT2D eigenvalue weighted by Crippen LogP contribution is 2.08. The van der Waals surface area contributed by atoms with Crippen LogP contribution in [-0.2, 0) is 30.4 Å². The van der Waals surface area contributed by atoms with Crippen LogP contribution in [0.1, 0.15) is 44.1 Å². The molecular formula is C25H39N5O7S. The van der Waals surface area contributed by atoms with E-state index in [4.69, 9.17) is 16.6 Å². The standard InChI is InChI=1S/C25H39N5O7S/c1-38-14-12-19(24(35)30-20(25(36)37)15-16-7-3-2-4-8-16)29-23(34)18(10-11-21(31)32)28-22(33)17(27)9-5-6-13-26/h2-4,7-8,17-20H,5-6,9-15,26-27H2,1H3,(H,28,33)(H,29,34)(H,30,35)(H,31,32)(H,36,37). The predicted molar refractivity (Wildman–Crippen MR) is 144 cm³/mol. The summed E-state index contributed by atoms with van der Waals surface area (Å²) in [6.45, 7) is 0.450. The van der Waals surface area contributed by atoms with Gasteiger partial charge < -0.3 is 37.6 Å². The second-order valence-electron chi connectivity index (χ2n) is 8.82. The van der Waals surface area contributed by atoms with Gasteiger partial charge in [0.1, 0.15) is 18.1 Å². The predicted octanol–water partition coefficient (Wildman–Crippen LogP) is -0.158. The highest BCUT2D eigenvalue weighted by molar-refractivity contribution is 7.98. The number of hydrogen-bond acceptors (Lipinski definition) is 8. The molecule has 212 valence electrons. The molecule has 13 heteroatoms. The van der Waals surface area contributed by atoms with E-state index in [2.05, 4.69) is 16.0 Å². The number of rotatable bonds is 19. The minimum atomic E-state index is -1.25. The lowest BCUT2D eigenvalue weighted by Crippen LogP contribution is -2.57. The summed E-state index contributed by atoms with van der Waals surface area (Å²) in [5.41, 5.74) is 12.1. The zero-order chi connectivity index (χ0) is 28.5. The fraction of sp³-hybridized carbons (Fsp3) is 0.560. The molecule has 3 amide bonds. The number of aliphatic carboxylic acids is 2. The second kappa shape index (κ2) is 18.2. The number of carboxylic acids is 2. The van der Waals surface area contributed by atoms with Crippen molar-refractivity contribution in [3.8, 4) is 0 Å². The van der Waals surface area contributed by atoms with E-state index < -0.39 is 60.2 Å². The number of amides is 3. The van der Waals surface area contributed by atoms with E-state index in [9.17, 15) is 29.1 Å². The molecule has 0 radical (unpaired) electrons. The first-order chi connectivity index (χ1) is 18.1. The molecule has 0 bridgehead atoms. The van der Waals surface area contributed by atoms with Crippen molar-refractivity contribution >= 4 is 41.4 Å². The Morgan fingerprint density at radius 2 is 1.42 bits per heavy atom. The molecule has 0 saturated carbocycles. The molecule has 0 fully saturated rings. The van der Waals surface area contributed by atoms with Crippen molar-refractivity contribution in [2.24, 2.45) is 11.5 Å². The Labute approximate surface area is 226 Å². The van der Waals surface area contributed by atoms with E-state index in [-0.39, 0.29) is 19.3 Å². The van der Waals surface area contributed by atoms with Gasteiger partial charge in [-0.15, -0.1) is 0 Å². The Kier molecular flexibility index (Phi) is 15.7. The smallest absolute Gasteiger partial charge is 0.326 e. The maximum atomic E-state index is 13.1. The highest BCUT2D eigenvalue weighted by atomic mass is 32.2. The zero-order valence-corrected chi connectivity index (χ0v) is 22.4. The van der Waals surface area contributed by atoms with Crippen molar-refractivity contribution < 1.29 is 34.2 Å². The van der Waals surface area contributed by atoms with Crippen LogP contribution >= 0.6 is 11.8 Å². The van der Waals surface area contributed by atoms with E-state index in [0.717, 1.165) is 0 Å². The van der Waals surface area contributed by atoms with Crippen LogP contribution in [0.3, 0.4) is 0 Å². The fourth-order valence-corrected chi connectivity index (χ4v) is 4.03. The van der Waals surface area contributed by atoms with E-state index >= 15 is 0 Å². The number of carboxylic acid groups (broad SMARTS) is 2. The van der Waals surface area contributed by atoms with Gasteiger partial charge in [-0.05, 0) is 49.8 Å². The molecule has 1 rings (SSSR count). The van der Waals surface area contributed by atoms with Gasteiger partial charge in [-0.2, -0.15) is 11.8 Å². The Morgan fingerprint density at radius 3 is 1.97 bits per heavy atom. The molecule has 9 N–H and O–H groups in total. The molecule has 1 aromatic rings. The van der Waals surface area contributed by atoms with Gasteiger partial charge in [-0.3, -0.25) is 19.2 Å². The molecule has 38 heavy (non-hydrogen) atoms. The average molecular weight is 554 g/mol. The molecular weight excluding hydrogens is 514 g/mol. The van der Waals surface area contributed by atoms with Crippen LogP contribution in [0.4, 0.5) is 0 Å². The minimum Gasteiger partial charge on any atom is -0.481 e. The van der Waals surface area contributed by atoms with Gasteiger partial charge in [0, 0.05) is 12.8 Å². The topological polar surface area (TPSA) is 214 Å². The van der Waals surface area contributed by atoms with Crippen molar-refractivity contribution in [1.82, 2.24) is 16.0 Å². The number of nitrogens with one attached hydrogen (secondary N) is 3. The number of benzene rings is 1. The Bertz CT molecular complexity index is 919. The second-order valence-corrected chi connectivity index (χ2v) is 9.80. The molecule has 4 atom stereocenters. The maximum absolute atomic E-state index is 13.1. The van der Waals surface area contributed by atoms with Crippen LogP contribution in [0.25, 0.3) is 0 Å². The number of hydrogen-bond donors (Lipinski definition) is 7. The lowest BCUT2D eigenvalue weighted by atomic mass is 10.0. The first-order valence-corrected chi connectivity index (χ1v) is 13.8. The maximum Gasteiger partial charge on any atom is 0.326 e. The van der Waals surface area contributed by atoms with E-state index in [1.54, 1.807) is 30.3 Å². The van der Waals surface area contributed by atoms with Gasteiger partial charge in [-0.25, -0.2) is 4.79 Å². The molecule has 12 nitrogen and oxygen atoms in total. The molecule has 0 aliphatic heterocycles. The SMILES string of the molecule is CSCCC(NC(=O)C(CCC(=O)O)NC(=O)C(N)CCCCN)C(=O)NC(Cc1ccccc1)C(=O)O. The van der Waals surface area contributed by atoms with E-state index in [1.165, 1.54) is 11.8 Å². The Balaban J connectivity index is 2.96. The van der Waals surface area contributed by atoms with E-state index in [0.29, 0.717) is 37.1 Å². The van der Waals surface area contributed by atoms with Crippen LogP contribution in [0.5, 0.6) is 0 Å². The lowest BCUT2D eigenvalue weighted by molar-refractivity contribution is -0.142. The summed E-state index contributed by atoms with van der Waals surface area (Å²) in [6.07, 6.45) is 3.06. The first kappa shape index (κ1) is 32.9. The summed E-state index contributed by atoms with van der Waals surface area (Å²) in [7, 11) is 0. The number of carbonyl (C=O) groups excluding carboxylic acids is 3. The molecule has 0 saturated heterocycles. The summed E-state index contributed by atoms with van der Waals surface area (Å²) in [6, 6.07) is 4.30. The van der Waals surface area contributed by atoms with Crippen LogP contribution in [-0.4, -0.2) is 82.6 Å². The van der Waals surface area contributed by atoms with Crippen LogP contribution < -0.4 is 27.4 Å². The van der Waals surface area contributed by atoms with Crippen molar-refractivity contribution in [2.45, 2.75) is 69.1 Å². The lowest BCUT2D eigenvalue weighted by Gasteiger charge is -2.25. The van der Waals surface area contributed by atoms with Crippen molar-refractivity contribution in [2.75, 3.05) is 18.6 Å². The molecule has 0 aromatic heterocycles. The Hall–Kier alpha value is -3.16. The summed E-state index contributed by atoms with van der Waals surface area (Å²) < 4.78 is 0. The van der Waals surface area contributed by atoms with Crippen LogP contribution in [0, 0.1) is 0 Å². The van der Waals surface area contributed by atoms with Crippen LogP contribution in [0.2, 0.25) is 0 Å². The quantitative estimate of drug-likeness (QED) is 0.112. The largest absolute Gasteiger partial charge is 0.481 e. The van der Waals surface area contributed by atoms with E-state index in [1.807, 2.05) is 6.26 Å². The third-order valence-corrected chi connectivity index (χ3v) is 6.37. The first-order valence-electron chi connectivity index (χ1n) is 12.4. The molecule has 4 unspecified atom stereocenters. The molecule has 0 spiro atoms. The van der Waals surface area contributed by atoms with Gasteiger partial charge in [0.05, 0.1) is 6.04 Å².